The molecule has 0 spiro atoms. The van der Waals surface area contributed by atoms with Crippen LogP contribution in [0.2, 0.25) is 0 Å². The van der Waals surface area contributed by atoms with E-state index in [0.29, 0.717) is 23.8 Å². The van der Waals surface area contributed by atoms with Crippen molar-refractivity contribution in [2.45, 2.75) is 13.3 Å². The van der Waals surface area contributed by atoms with E-state index in [2.05, 4.69) is 15.1 Å². The van der Waals surface area contributed by atoms with Crippen LogP contribution in [0.4, 0.5) is 0 Å². The van der Waals surface area contributed by atoms with Crippen LogP contribution in [0.1, 0.15) is 11.3 Å². The van der Waals surface area contributed by atoms with Crippen LogP contribution in [-0.2, 0) is 6.42 Å². The smallest absolute Gasteiger partial charge is 0.274 e. The summed E-state index contributed by atoms with van der Waals surface area (Å²) in [7, 11) is 0. The van der Waals surface area contributed by atoms with Gasteiger partial charge in [0.05, 0.1) is 0 Å². The minimum Gasteiger partial charge on any atom is -0.330 e. The summed E-state index contributed by atoms with van der Waals surface area (Å²) in [5.74, 6) is 1.01. The summed E-state index contributed by atoms with van der Waals surface area (Å²) in [6.07, 6.45) is 0.811. The Morgan fingerprint density at radius 1 is 1.30 bits per heavy atom. The third-order valence-corrected chi connectivity index (χ3v) is 3.09. The van der Waals surface area contributed by atoms with E-state index < -0.39 is 0 Å². The largest absolute Gasteiger partial charge is 0.330 e. The zero-order valence-electron chi connectivity index (χ0n) is 11.1. The standard InChI is InChI=1S/C14H15N5O/c1-9-7-12(20)19-14(16-9)17-13(18-19)11-4-2-3-10(8-11)5-6-15/h2-4,7-8H,5-6,15H2,1H3,(H,16,17,18). The molecule has 3 aromatic rings. The summed E-state index contributed by atoms with van der Waals surface area (Å²) in [5, 5.41) is 2.98. The average Bonchev–Trinajstić information content (AvgIpc) is 2.83. The number of nitrogens with one attached hydrogen (secondary N) is 1. The van der Waals surface area contributed by atoms with Gasteiger partial charge >= 0.3 is 0 Å². The Morgan fingerprint density at radius 2 is 2.15 bits per heavy atom. The second-order valence-electron chi connectivity index (χ2n) is 4.68. The fourth-order valence-corrected chi connectivity index (χ4v) is 2.16. The molecule has 0 radical (unpaired) electrons. The SMILES string of the molecule is Cc1cc(=O)n2[nH]c(-c3cccc(CCN)c3)nc2n1. The van der Waals surface area contributed by atoms with Gasteiger partial charge in [-0.1, -0.05) is 18.2 Å². The maximum Gasteiger partial charge on any atom is 0.274 e. The van der Waals surface area contributed by atoms with Gasteiger partial charge in [0.15, 0.2) is 5.82 Å². The molecule has 20 heavy (non-hydrogen) atoms. The number of nitrogens with two attached hydrogens (primary N) is 1. The zero-order chi connectivity index (χ0) is 14.1. The quantitative estimate of drug-likeness (QED) is 0.739. The minimum absolute atomic E-state index is 0.163. The van der Waals surface area contributed by atoms with Gasteiger partial charge in [0.2, 0.25) is 0 Å². The fraction of sp³-hybridized carbons (Fsp3) is 0.214. The molecule has 0 bridgehead atoms. The van der Waals surface area contributed by atoms with Crippen LogP contribution in [0.15, 0.2) is 35.1 Å². The van der Waals surface area contributed by atoms with E-state index in [1.54, 1.807) is 6.92 Å². The monoisotopic (exact) mass is 269 g/mol. The fourth-order valence-electron chi connectivity index (χ4n) is 2.16. The molecule has 0 saturated carbocycles. The number of nitrogens with zero attached hydrogens (tertiary/aromatic N) is 3. The van der Waals surface area contributed by atoms with Crippen LogP contribution in [0.3, 0.4) is 0 Å². The number of aromatic amines is 1. The summed E-state index contributed by atoms with van der Waals surface area (Å²) in [6, 6.07) is 9.40. The first-order chi connectivity index (χ1) is 9.67. The number of rotatable bonds is 3. The number of hydrogen-bond acceptors (Lipinski definition) is 4. The summed E-state index contributed by atoms with van der Waals surface area (Å²) in [4.78, 5) is 20.5. The van der Waals surface area contributed by atoms with E-state index in [1.165, 1.54) is 10.6 Å². The second kappa shape index (κ2) is 4.90. The van der Waals surface area contributed by atoms with E-state index in [0.717, 1.165) is 17.5 Å². The van der Waals surface area contributed by atoms with Crippen LogP contribution in [0.5, 0.6) is 0 Å². The van der Waals surface area contributed by atoms with Crippen molar-refractivity contribution >= 4 is 5.78 Å². The highest BCUT2D eigenvalue weighted by Crippen LogP contribution is 2.17. The number of aryl methyl sites for hydroxylation is 1. The van der Waals surface area contributed by atoms with Crippen LogP contribution in [-0.4, -0.2) is 26.1 Å². The van der Waals surface area contributed by atoms with E-state index in [4.69, 9.17) is 5.73 Å². The first-order valence-corrected chi connectivity index (χ1v) is 6.43. The van der Waals surface area contributed by atoms with Crippen molar-refractivity contribution in [3.8, 4) is 11.4 Å². The third kappa shape index (κ3) is 2.21. The van der Waals surface area contributed by atoms with Gasteiger partial charge in [-0.2, -0.15) is 9.50 Å². The van der Waals surface area contributed by atoms with E-state index in [-0.39, 0.29) is 5.56 Å². The third-order valence-electron chi connectivity index (χ3n) is 3.09. The molecule has 1 aromatic carbocycles. The van der Waals surface area contributed by atoms with Gasteiger partial charge < -0.3 is 5.73 Å². The molecule has 0 unspecified atom stereocenters. The molecule has 3 rings (SSSR count). The molecule has 0 fully saturated rings. The maximum atomic E-state index is 11.8. The molecule has 6 nitrogen and oxygen atoms in total. The molecule has 6 heteroatoms. The van der Waals surface area contributed by atoms with Crippen molar-refractivity contribution in [1.82, 2.24) is 19.6 Å². The first-order valence-electron chi connectivity index (χ1n) is 6.43. The summed E-state index contributed by atoms with van der Waals surface area (Å²) >= 11 is 0. The Hall–Kier alpha value is -2.47. The predicted octanol–water partition coefficient (Wildman–Crippen LogP) is 0.894. The molecule has 2 heterocycles. The van der Waals surface area contributed by atoms with Crippen LogP contribution < -0.4 is 11.3 Å². The average molecular weight is 269 g/mol. The number of benzene rings is 1. The highest BCUT2D eigenvalue weighted by atomic mass is 16.1. The minimum atomic E-state index is -0.163. The van der Waals surface area contributed by atoms with Crippen molar-refractivity contribution in [1.29, 1.82) is 0 Å². The highest BCUT2D eigenvalue weighted by Gasteiger charge is 2.08. The lowest BCUT2D eigenvalue weighted by Gasteiger charge is -2.01. The predicted molar refractivity (Wildman–Crippen MR) is 76.5 cm³/mol. The summed E-state index contributed by atoms with van der Waals surface area (Å²) in [6.45, 7) is 2.38. The van der Waals surface area contributed by atoms with Crippen molar-refractivity contribution in [3.05, 3.63) is 51.9 Å². The van der Waals surface area contributed by atoms with Gasteiger partial charge in [0.1, 0.15) is 0 Å². The van der Waals surface area contributed by atoms with Gasteiger partial charge in [-0.25, -0.2) is 4.98 Å². The van der Waals surface area contributed by atoms with Gasteiger partial charge in [-0.15, -0.1) is 0 Å². The Morgan fingerprint density at radius 3 is 2.95 bits per heavy atom. The van der Waals surface area contributed by atoms with Crippen LogP contribution in [0.25, 0.3) is 17.2 Å². The normalized spacial score (nSPS) is 11.1. The topological polar surface area (TPSA) is 89.1 Å². The zero-order valence-corrected chi connectivity index (χ0v) is 11.1. The number of H-pyrrole nitrogens is 1. The molecule has 0 amide bonds. The number of fused-ring (bicyclic) bond motifs is 1. The number of hydrogen-bond donors (Lipinski definition) is 2. The molecule has 2 aromatic heterocycles. The molecule has 0 aliphatic rings. The lowest BCUT2D eigenvalue weighted by atomic mass is 10.1. The molecule has 102 valence electrons. The van der Waals surface area contributed by atoms with Crippen molar-refractivity contribution in [3.63, 3.8) is 0 Å². The summed E-state index contributed by atoms with van der Waals surface area (Å²) in [5.41, 5.74) is 8.12. The Kier molecular flexibility index (Phi) is 3.08. The van der Waals surface area contributed by atoms with Crippen LogP contribution in [0, 0.1) is 6.92 Å². The maximum absolute atomic E-state index is 11.8. The lowest BCUT2D eigenvalue weighted by molar-refractivity contribution is 0.891. The second-order valence-corrected chi connectivity index (χ2v) is 4.68. The van der Waals surface area contributed by atoms with Crippen LogP contribution >= 0.6 is 0 Å². The van der Waals surface area contributed by atoms with Gasteiger partial charge in [0, 0.05) is 17.3 Å². The first kappa shape index (κ1) is 12.6. The lowest BCUT2D eigenvalue weighted by Crippen LogP contribution is -2.14. The van der Waals surface area contributed by atoms with E-state index >= 15 is 0 Å². The molecular weight excluding hydrogens is 254 g/mol. The molecule has 3 N–H and O–H groups in total. The van der Waals surface area contributed by atoms with Crippen molar-refractivity contribution < 1.29 is 0 Å². The molecule has 0 saturated heterocycles. The van der Waals surface area contributed by atoms with Crippen molar-refractivity contribution in [2.24, 2.45) is 5.73 Å². The number of aromatic nitrogens is 4. The Bertz CT molecular complexity index is 818. The van der Waals surface area contributed by atoms with E-state index in [1.807, 2.05) is 24.3 Å². The molecule has 0 atom stereocenters. The van der Waals surface area contributed by atoms with Gasteiger partial charge in [0.25, 0.3) is 11.3 Å². The van der Waals surface area contributed by atoms with Gasteiger partial charge in [-0.05, 0) is 31.5 Å². The Labute approximate surface area is 115 Å². The van der Waals surface area contributed by atoms with Crippen molar-refractivity contribution in [2.75, 3.05) is 6.54 Å². The molecular formula is C14H15N5O. The summed E-state index contributed by atoms with van der Waals surface area (Å²) < 4.78 is 1.35. The molecule has 0 aliphatic heterocycles. The highest BCUT2D eigenvalue weighted by molar-refractivity contribution is 5.58. The van der Waals surface area contributed by atoms with Gasteiger partial charge in [-0.3, -0.25) is 9.89 Å². The molecule has 0 aliphatic carbocycles. The van der Waals surface area contributed by atoms with E-state index in [9.17, 15) is 4.79 Å². The Balaban J connectivity index is 2.12.